The van der Waals surface area contributed by atoms with E-state index in [1.807, 2.05) is 17.5 Å². The van der Waals surface area contributed by atoms with Crippen molar-refractivity contribution in [3.8, 4) is 10.8 Å². The minimum Gasteiger partial charge on any atom is -0.419 e. The van der Waals surface area contributed by atoms with E-state index in [1.54, 1.807) is 18.2 Å². The molecule has 0 radical (unpaired) electrons. The number of thiophene rings is 1. The highest BCUT2D eigenvalue weighted by Gasteiger charge is 2.35. The molecule has 132 valence electrons. The molecule has 0 saturated heterocycles. The Bertz CT molecular complexity index is 1050. The molecule has 0 N–H and O–H groups in total. The molecule has 1 aromatic carbocycles. The number of hydrogen-bond donors (Lipinski definition) is 0. The first-order chi connectivity index (χ1) is 12.5. The van der Waals surface area contributed by atoms with Crippen molar-refractivity contribution in [3.63, 3.8) is 0 Å². The van der Waals surface area contributed by atoms with Gasteiger partial charge in [-0.3, -0.25) is 0 Å². The van der Waals surface area contributed by atoms with Crippen molar-refractivity contribution in [2.75, 3.05) is 0 Å². The summed E-state index contributed by atoms with van der Waals surface area (Å²) >= 11 is 2.56. The second kappa shape index (κ2) is 6.69. The molecule has 0 saturated carbocycles. The maximum atomic E-state index is 13.0. The van der Waals surface area contributed by atoms with Crippen LogP contribution in [-0.2, 0) is 11.9 Å². The van der Waals surface area contributed by atoms with Gasteiger partial charge in [-0.2, -0.15) is 13.2 Å². The van der Waals surface area contributed by atoms with Crippen LogP contribution in [0.15, 0.2) is 51.2 Å². The van der Waals surface area contributed by atoms with Crippen molar-refractivity contribution in [2.24, 2.45) is 0 Å². The molecule has 5 nitrogen and oxygen atoms in total. The van der Waals surface area contributed by atoms with Gasteiger partial charge in [0.1, 0.15) is 5.03 Å². The predicted octanol–water partition coefficient (Wildman–Crippen LogP) is 5.05. The van der Waals surface area contributed by atoms with Gasteiger partial charge in [-0.05, 0) is 17.5 Å². The van der Waals surface area contributed by atoms with Gasteiger partial charge in [-0.15, -0.1) is 21.5 Å². The van der Waals surface area contributed by atoms with Crippen LogP contribution in [0.2, 0.25) is 0 Å². The molecule has 0 spiro atoms. The quantitative estimate of drug-likeness (QED) is 0.356. The number of halogens is 3. The molecular formula is C16H9F3N4OS2. The van der Waals surface area contributed by atoms with E-state index in [9.17, 15) is 13.2 Å². The van der Waals surface area contributed by atoms with Crippen LogP contribution in [0.5, 0.6) is 0 Å². The van der Waals surface area contributed by atoms with Gasteiger partial charge in [0.25, 0.3) is 5.89 Å². The Kier molecular flexibility index (Phi) is 4.37. The minimum atomic E-state index is -4.61. The number of nitrogens with zero attached hydrogens (tertiary/aromatic N) is 4. The normalized spacial score (nSPS) is 12.0. The number of hydrogen-bond acceptors (Lipinski definition) is 7. The van der Waals surface area contributed by atoms with Crippen LogP contribution in [0, 0.1) is 0 Å². The zero-order valence-electron chi connectivity index (χ0n) is 12.9. The smallest absolute Gasteiger partial charge is 0.419 e. The molecule has 0 fully saturated rings. The van der Waals surface area contributed by atoms with Gasteiger partial charge in [0, 0.05) is 5.39 Å². The van der Waals surface area contributed by atoms with Crippen LogP contribution in [0.4, 0.5) is 13.2 Å². The summed E-state index contributed by atoms with van der Waals surface area (Å²) in [5.41, 5.74) is 0.238. The Hall–Kier alpha value is -2.46. The first-order valence-corrected chi connectivity index (χ1v) is 9.20. The topological polar surface area (TPSA) is 64.7 Å². The molecule has 0 amide bonds. The number of thioether (sulfide) groups is 1. The molecule has 0 aliphatic carbocycles. The van der Waals surface area contributed by atoms with E-state index in [4.69, 9.17) is 4.42 Å². The fraction of sp³-hybridized carbons (Fsp3) is 0.125. The fourth-order valence-electron chi connectivity index (χ4n) is 2.23. The highest BCUT2D eigenvalue weighted by Crippen LogP contribution is 2.33. The molecule has 0 unspecified atom stereocenters. The lowest BCUT2D eigenvalue weighted by atomic mass is 10.2. The molecule has 4 rings (SSSR count). The van der Waals surface area contributed by atoms with Crippen molar-refractivity contribution in [1.82, 2.24) is 20.2 Å². The van der Waals surface area contributed by atoms with Crippen molar-refractivity contribution in [2.45, 2.75) is 17.0 Å². The predicted molar refractivity (Wildman–Crippen MR) is 91.7 cm³/mol. The maximum absolute atomic E-state index is 13.0. The van der Waals surface area contributed by atoms with Crippen LogP contribution in [-0.4, -0.2) is 20.2 Å². The van der Waals surface area contributed by atoms with Crippen LogP contribution in [0.25, 0.3) is 21.7 Å². The first kappa shape index (κ1) is 17.0. The van der Waals surface area contributed by atoms with E-state index in [1.165, 1.54) is 17.4 Å². The molecule has 0 atom stereocenters. The van der Waals surface area contributed by atoms with Crippen LogP contribution >= 0.6 is 23.1 Å². The number of alkyl halides is 3. The number of para-hydroxylation sites is 1. The lowest BCUT2D eigenvalue weighted by molar-refractivity contribution is -0.145. The van der Waals surface area contributed by atoms with Crippen molar-refractivity contribution < 1.29 is 17.6 Å². The van der Waals surface area contributed by atoms with Crippen molar-refractivity contribution in [3.05, 3.63) is 53.5 Å². The Labute approximate surface area is 153 Å². The van der Waals surface area contributed by atoms with Gasteiger partial charge in [-0.25, -0.2) is 9.97 Å². The number of rotatable bonds is 4. The summed E-state index contributed by atoms with van der Waals surface area (Å²) in [7, 11) is 0. The molecule has 3 heterocycles. The summed E-state index contributed by atoms with van der Waals surface area (Å²) in [6.07, 6.45) is -4.61. The second-order valence-electron chi connectivity index (χ2n) is 5.13. The van der Waals surface area contributed by atoms with Gasteiger partial charge >= 0.3 is 6.18 Å². The van der Waals surface area contributed by atoms with Gasteiger partial charge in [0.05, 0.1) is 16.1 Å². The van der Waals surface area contributed by atoms with Crippen LogP contribution in [0.1, 0.15) is 11.7 Å². The second-order valence-corrected chi connectivity index (χ2v) is 7.05. The van der Waals surface area contributed by atoms with E-state index >= 15 is 0 Å². The van der Waals surface area contributed by atoms with E-state index in [2.05, 4.69) is 20.2 Å². The largest absolute Gasteiger partial charge is 0.451 e. The summed E-state index contributed by atoms with van der Waals surface area (Å²) < 4.78 is 44.7. The summed E-state index contributed by atoms with van der Waals surface area (Å²) in [5, 5.41) is 10.6. The Morgan fingerprint density at radius 2 is 1.88 bits per heavy atom. The van der Waals surface area contributed by atoms with E-state index in [0.29, 0.717) is 17.2 Å². The molecular weight excluding hydrogens is 385 g/mol. The lowest BCUT2D eigenvalue weighted by Gasteiger charge is -2.09. The average molecular weight is 394 g/mol. The SMILES string of the molecule is FC(F)(F)c1nc(SCc2nnc(-c3cccs3)o2)c2ccccc2n1. The lowest BCUT2D eigenvalue weighted by Crippen LogP contribution is -2.11. The molecule has 10 heteroatoms. The summed E-state index contributed by atoms with van der Waals surface area (Å²) in [4.78, 5) is 8.12. The molecule has 4 aromatic rings. The van der Waals surface area contributed by atoms with E-state index in [0.717, 1.165) is 16.6 Å². The van der Waals surface area contributed by atoms with Crippen molar-refractivity contribution in [1.29, 1.82) is 0 Å². The standard InChI is InChI=1S/C16H9F3N4OS2/c17-16(18,19)15-20-10-5-2-1-4-9(10)14(21-15)26-8-12-22-23-13(24-12)11-6-3-7-25-11/h1-7H,8H2. The molecule has 0 bridgehead atoms. The Morgan fingerprint density at radius 3 is 2.65 bits per heavy atom. The van der Waals surface area contributed by atoms with Crippen LogP contribution in [0.3, 0.4) is 0 Å². The van der Waals surface area contributed by atoms with E-state index in [-0.39, 0.29) is 16.3 Å². The summed E-state index contributed by atoms with van der Waals surface area (Å²) in [6, 6.07) is 10.3. The molecule has 26 heavy (non-hydrogen) atoms. The van der Waals surface area contributed by atoms with Gasteiger partial charge < -0.3 is 4.42 Å². The van der Waals surface area contributed by atoms with E-state index < -0.39 is 12.0 Å². The Balaban J connectivity index is 1.62. The summed E-state index contributed by atoms with van der Waals surface area (Å²) in [6.45, 7) is 0. The molecule has 0 aliphatic heterocycles. The monoisotopic (exact) mass is 394 g/mol. The van der Waals surface area contributed by atoms with Gasteiger partial charge in [0.2, 0.25) is 11.7 Å². The third-order valence-electron chi connectivity index (χ3n) is 3.35. The maximum Gasteiger partial charge on any atom is 0.451 e. The zero-order valence-corrected chi connectivity index (χ0v) is 14.5. The zero-order chi connectivity index (χ0) is 18.1. The number of fused-ring (bicyclic) bond motifs is 1. The fourth-order valence-corrected chi connectivity index (χ4v) is 3.73. The molecule has 3 aromatic heterocycles. The third kappa shape index (κ3) is 3.42. The number of aromatic nitrogens is 4. The average Bonchev–Trinajstić information content (AvgIpc) is 3.30. The highest BCUT2D eigenvalue weighted by atomic mass is 32.2. The summed E-state index contributed by atoms with van der Waals surface area (Å²) in [5.74, 6) is -0.256. The number of benzene rings is 1. The third-order valence-corrected chi connectivity index (χ3v) is 5.19. The van der Waals surface area contributed by atoms with Crippen molar-refractivity contribution >= 4 is 34.0 Å². The first-order valence-electron chi connectivity index (χ1n) is 7.34. The van der Waals surface area contributed by atoms with Gasteiger partial charge in [-0.1, -0.05) is 36.0 Å². The highest BCUT2D eigenvalue weighted by molar-refractivity contribution is 7.98. The minimum absolute atomic E-state index is 0.205. The molecule has 0 aliphatic rings. The Morgan fingerprint density at radius 1 is 1.04 bits per heavy atom. The van der Waals surface area contributed by atoms with Gasteiger partial charge in [0.15, 0.2) is 0 Å². The van der Waals surface area contributed by atoms with Crippen LogP contribution < -0.4 is 0 Å².